The quantitative estimate of drug-likeness (QED) is 0.157. The Morgan fingerprint density at radius 1 is 0.462 bits per heavy atom. The van der Waals surface area contributed by atoms with E-state index in [9.17, 15) is 9.13 Å². The summed E-state index contributed by atoms with van der Waals surface area (Å²) in [5.41, 5.74) is 27.3. The van der Waals surface area contributed by atoms with E-state index in [-0.39, 0.29) is 14.1 Å². The lowest BCUT2D eigenvalue weighted by molar-refractivity contribution is 0.592. The van der Waals surface area contributed by atoms with Crippen LogP contribution in [0.25, 0.3) is 0 Å². The Hall–Kier alpha value is -4.37. The fourth-order valence-corrected chi connectivity index (χ4v) is 7.34. The molecule has 5 aromatic rings. The fraction of sp³-hybridized carbons (Fsp3) is 0.0323. The number of nitrogens with two attached hydrogens (primary N) is 4. The number of nitrogen functional groups attached to an aromatic ring is 4. The van der Waals surface area contributed by atoms with Gasteiger partial charge in [-0.1, -0.05) is 54.6 Å². The van der Waals surface area contributed by atoms with Crippen molar-refractivity contribution in [3.05, 3.63) is 139 Å². The van der Waals surface area contributed by atoms with Gasteiger partial charge in [0.05, 0.1) is 5.66 Å². The molecule has 5 aromatic carbocycles. The molecule has 8 heteroatoms. The Bertz CT molecular complexity index is 1460. The predicted molar refractivity (Wildman–Crippen MR) is 166 cm³/mol. The van der Waals surface area contributed by atoms with Gasteiger partial charge in [0.1, 0.15) is 0 Å². The van der Waals surface area contributed by atoms with Crippen molar-refractivity contribution >= 4 is 54.3 Å². The summed E-state index contributed by atoms with van der Waals surface area (Å²) in [5, 5.41) is 2.32. The van der Waals surface area contributed by atoms with Crippen molar-refractivity contribution < 1.29 is 9.13 Å². The number of benzene rings is 5. The van der Waals surface area contributed by atoms with Gasteiger partial charge in [-0.2, -0.15) is 0 Å². The molecule has 6 nitrogen and oxygen atoms in total. The minimum absolute atomic E-state index is 0.0610. The topological polar surface area (TPSA) is 138 Å². The van der Waals surface area contributed by atoms with Gasteiger partial charge in [-0.25, -0.2) is 0 Å². The van der Waals surface area contributed by atoms with Gasteiger partial charge in [-0.05, 0) is 83.9 Å². The summed E-state index contributed by atoms with van der Waals surface area (Å²) in [6, 6.07) is 38.8. The third-order valence-corrected chi connectivity index (χ3v) is 10.1. The SMILES string of the molecule is Nc1ccc(C(P=O)c2ccc(N)cc2)cc1.Nc1ccc(P(=O)(c2ccccc2)c2ccc(N)cc2)cc1. The Labute approximate surface area is 230 Å². The van der Waals surface area contributed by atoms with E-state index < -0.39 is 7.14 Å². The molecule has 8 N–H and O–H groups in total. The molecule has 0 amide bonds. The van der Waals surface area contributed by atoms with E-state index in [4.69, 9.17) is 22.9 Å². The van der Waals surface area contributed by atoms with Crippen LogP contribution < -0.4 is 38.8 Å². The summed E-state index contributed by atoms with van der Waals surface area (Å²) < 4.78 is 25.3. The summed E-state index contributed by atoms with van der Waals surface area (Å²) in [4.78, 5) is 0. The van der Waals surface area contributed by atoms with E-state index in [0.717, 1.165) is 27.0 Å². The third kappa shape index (κ3) is 6.56. The van der Waals surface area contributed by atoms with Gasteiger partial charge in [0.25, 0.3) is 0 Å². The average molecular weight is 553 g/mol. The Morgan fingerprint density at radius 3 is 1.10 bits per heavy atom. The Morgan fingerprint density at radius 2 is 0.769 bits per heavy atom. The van der Waals surface area contributed by atoms with E-state index in [1.54, 1.807) is 24.3 Å². The Balaban J connectivity index is 0.000000187. The summed E-state index contributed by atoms with van der Waals surface area (Å²) >= 11 is 0. The van der Waals surface area contributed by atoms with E-state index in [0.29, 0.717) is 22.7 Å². The van der Waals surface area contributed by atoms with Crippen molar-refractivity contribution in [2.75, 3.05) is 22.9 Å². The summed E-state index contributed by atoms with van der Waals surface area (Å²) in [6.45, 7) is 0. The zero-order valence-corrected chi connectivity index (χ0v) is 23.0. The lowest BCUT2D eigenvalue weighted by atomic mass is 10.0. The molecule has 0 saturated carbocycles. The number of hydrogen-bond acceptors (Lipinski definition) is 6. The van der Waals surface area contributed by atoms with Crippen LogP contribution in [0.3, 0.4) is 0 Å². The number of anilines is 4. The lowest BCUT2D eigenvalue weighted by Gasteiger charge is -2.20. The summed E-state index contributed by atoms with van der Waals surface area (Å²) in [5.74, 6) is 0. The van der Waals surface area contributed by atoms with Gasteiger partial charge in [0.15, 0.2) is 15.6 Å². The maximum Gasteiger partial charge on any atom is 0.171 e. The molecule has 0 saturated heterocycles. The second-order valence-corrected chi connectivity index (χ2v) is 12.5. The van der Waals surface area contributed by atoms with Crippen LogP contribution in [0.15, 0.2) is 127 Å². The van der Waals surface area contributed by atoms with Crippen molar-refractivity contribution in [1.82, 2.24) is 0 Å². The number of rotatable bonds is 6. The molecule has 39 heavy (non-hydrogen) atoms. The summed E-state index contributed by atoms with van der Waals surface area (Å²) in [6.07, 6.45) is 0. The molecule has 196 valence electrons. The molecular formula is C31H30N4O2P2. The van der Waals surface area contributed by atoms with Crippen LogP contribution in [0.2, 0.25) is 0 Å². The van der Waals surface area contributed by atoms with Gasteiger partial charge >= 0.3 is 0 Å². The monoisotopic (exact) mass is 552 g/mol. The van der Waals surface area contributed by atoms with Gasteiger partial charge in [0.2, 0.25) is 0 Å². The molecular weight excluding hydrogens is 522 g/mol. The average Bonchev–Trinajstić information content (AvgIpc) is 2.96. The smallest absolute Gasteiger partial charge is 0.171 e. The first-order valence-electron chi connectivity index (χ1n) is 12.2. The first kappa shape index (κ1) is 27.7. The summed E-state index contributed by atoms with van der Waals surface area (Å²) in [7, 11) is -2.87. The Kier molecular flexibility index (Phi) is 8.83. The van der Waals surface area contributed by atoms with Crippen LogP contribution in [0.5, 0.6) is 0 Å². The maximum absolute atomic E-state index is 14.0. The van der Waals surface area contributed by atoms with Gasteiger partial charge < -0.3 is 27.5 Å². The first-order chi connectivity index (χ1) is 18.8. The minimum Gasteiger partial charge on any atom is -0.399 e. The maximum atomic E-state index is 14.0. The van der Waals surface area contributed by atoms with Crippen molar-refractivity contribution in [3.8, 4) is 0 Å². The molecule has 0 unspecified atom stereocenters. The highest BCUT2D eigenvalue weighted by molar-refractivity contribution is 7.85. The highest BCUT2D eigenvalue weighted by atomic mass is 31.2. The second-order valence-electron chi connectivity index (χ2n) is 8.97. The molecule has 5 rings (SSSR count). The van der Waals surface area contributed by atoms with E-state index in [1.807, 2.05) is 103 Å². The van der Waals surface area contributed by atoms with Crippen LogP contribution in [0.4, 0.5) is 22.7 Å². The van der Waals surface area contributed by atoms with Crippen LogP contribution >= 0.6 is 15.6 Å². The van der Waals surface area contributed by atoms with Crippen LogP contribution in [0.1, 0.15) is 16.8 Å². The number of hydrogen-bond donors (Lipinski definition) is 4. The fourth-order valence-electron chi connectivity index (χ4n) is 4.12. The van der Waals surface area contributed by atoms with Crippen molar-refractivity contribution in [1.29, 1.82) is 0 Å². The zero-order valence-electron chi connectivity index (χ0n) is 21.2. The molecule has 0 fully saturated rings. The van der Waals surface area contributed by atoms with Crippen molar-refractivity contribution in [2.45, 2.75) is 5.66 Å². The van der Waals surface area contributed by atoms with Crippen molar-refractivity contribution in [3.63, 3.8) is 0 Å². The normalized spacial score (nSPS) is 11.1. The minimum atomic E-state index is -2.93. The molecule has 0 aliphatic rings. The van der Waals surface area contributed by atoms with Crippen LogP contribution in [-0.4, -0.2) is 0 Å². The lowest BCUT2D eigenvalue weighted by Crippen LogP contribution is -2.25. The van der Waals surface area contributed by atoms with E-state index in [1.165, 1.54) is 0 Å². The molecule has 0 bridgehead atoms. The first-order valence-corrected chi connectivity index (χ1v) is 14.8. The standard InChI is InChI=1S/C18H17N2OP.C13H13N2OP/c19-14-6-10-17(11-7-14)22(21,16-4-2-1-3-5-16)18-12-8-15(20)9-13-18;14-11-5-1-9(2-6-11)13(17-16)10-3-7-12(15)8-4-10/h1-13H,19-20H2;1-8,13H,14-15H2. The molecule has 0 heterocycles. The molecule has 0 aliphatic heterocycles. The van der Waals surface area contributed by atoms with Gasteiger partial charge in [-0.3, -0.25) is 4.57 Å². The van der Waals surface area contributed by atoms with E-state index in [2.05, 4.69) is 0 Å². The largest absolute Gasteiger partial charge is 0.399 e. The predicted octanol–water partition coefficient (Wildman–Crippen LogP) is 5.72. The highest BCUT2D eigenvalue weighted by Gasteiger charge is 2.29. The van der Waals surface area contributed by atoms with E-state index >= 15 is 0 Å². The van der Waals surface area contributed by atoms with Crippen molar-refractivity contribution in [2.24, 2.45) is 0 Å². The molecule has 0 atom stereocenters. The molecule has 0 aromatic heterocycles. The molecule has 0 radical (unpaired) electrons. The molecule has 0 aliphatic carbocycles. The van der Waals surface area contributed by atoms with Gasteiger partial charge in [-0.15, -0.1) is 0 Å². The van der Waals surface area contributed by atoms with Crippen LogP contribution in [-0.2, 0) is 9.13 Å². The molecule has 0 spiro atoms. The zero-order chi connectivity index (χ0) is 27.8. The van der Waals surface area contributed by atoms with Crippen LogP contribution in [0, 0.1) is 0 Å². The van der Waals surface area contributed by atoms with Gasteiger partial charge in [0, 0.05) is 38.7 Å². The second kappa shape index (κ2) is 12.4. The third-order valence-electron chi connectivity index (χ3n) is 6.24. The highest BCUT2D eigenvalue weighted by Crippen LogP contribution is 2.42.